The minimum atomic E-state index is -1.93. The van der Waals surface area contributed by atoms with Crippen LogP contribution in [-0.2, 0) is 59.0 Å². The lowest BCUT2D eigenvalue weighted by Crippen LogP contribution is -2.61. The van der Waals surface area contributed by atoms with Gasteiger partial charge in [0.15, 0.2) is 6.04 Å². The lowest BCUT2D eigenvalue weighted by Gasteiger charge is -2.34. The van der Waals surface area contributed by atoms with Gasteiger partial charge in [-0.3, -0.25) is 38.4 Å². The number of aliphatic hydroxyl groups excluding tert-OH is 2. The lowest BCUT2D eigenvalue weighted by atomic mass is 9.93. The van der Waals surface area contributed by atoms with Crippen LogP contribution < -0.4 is 36.6 Å². The molecule has 11 atom stereocenters. The summed E-state index contributed by atoms with van der Waals surface area (Å²) in [5, 5.41) is 37.0. The van der Waals surface area contributed by atoms with Crippen molar-refractivity contribution in [1.82, 2.24) is 36.8 Å². The summed E-state index contributed by atoms with van der Waals surface area (Å²) in [6.45, 7) is 12.5. The minimum absolute atomic E-state index is 0.137. The van der Waals surface area contributed by atoms with Crippen molar-refractivity contribution >= 4 is 53.3 Å². The van der Waals surface area contributed by atoms with Crippen molar-refractivity contribution in [3.05, 3.63) is 89.5 Å². The summed E-state index contributed by atoms with van der Waals surface area (Å²) >= 11 is 0. The number of aliphatic hydroxyl groups is 2. The monoisotopic (exact) mass is 1020 g/mol. The number of hydrogen-bond acceptors (Lipinski definition) is 14. The number of esters is 2. The van der Waals surface area contributed by atoms with Gasteiger partial charge < -0.3 is 61.2 Å². The standard InChI is InChI=1S/C52H73N7O14/c1-12-29(5)19-24-39(61)53-26-40(62)72-27-37-52(70)73-33(9)43(57-46(64)31(7)45(63)28(3)4)50(68)55-41(30(6)13-2)48(66)58-44(35-20-22-36(71-11)23-21-35)51(69)59(10)38(25-34-17-15-14-16-18-34)47(65)56-42(32(8)60)49(67)54-37/h12,14-24,28,30-33,37-38,41-45,60,63H,13,25-27H2,1-11H3,(H,53,61)(H,54,67)(H,55,68)(H,56,65)(H,57,64)(H,58,66). The average Bonchev–Trinajstić information content (AvgIpc) is 3.37. The Hall–Kier alpha value is -7.13. The Morgan fingerprint density at radius 2 is 1.45 bits per heavy atom. The maximum absolute atomic E-state index is 15.0. The van der Waals surface area contributed by atoms with E-state index in [0.717, 1.165) is 10.5 Å². The van der Waals surface area contributed by atoms with Gasteiger partial charge in [0.05, 0.1) is 25.2 Å². The smallest absolute Gasteiger partial charge is 0.332 e. The highest BCUT2D eigenvalue weighted by molar-refractivity contribution is 5.98. The van der Waals surface area contributed by atoms with Crippen molar-refractivity contribution in [2.24, 2.45) is 17.8 Å². The number of carbonyl (C=O) groups is 9. The van der Waals surface area contributed by atoms with Crippen LogP contribution in [-0.4, -0.2) is 144 Å². The summed E-state index contributed by atoms with van der Waals surface area (Å²) in [6.07, 6.45) is 0.135. The molecule has 1 heterocycles. The second-order valence-corrected chi connectivity index (χ2v) is 18.4. The Balaban J connectivity index is 2.26. The molecule has 7 amide bonds. The number of benzene rings is 2. The van der Waals surface area contributed by atoms with E-state index in [-0.39, 0.29) is 12.0 Å². The number of nitrogens with zero attached hydrogens (tertiary/aromatic N) is 1. The van der Waals surface area contributed by atoms with E-state index in [1.807, 2.05) is 0 Å². The number of allylic oxidation sites excluding steroid dienone is 3. The van der Waals surface area contributed by atoms with E-state index in [0.29, 0.717) is 17.7 Å². The molecule has 21 nitrogen and oxygen atoms in total. The Morgan fingerprint density at radius 1 is 0.836 bits per heavy atom. The minimum Gasteiger partial charge on any atom is -0.497 e. The molecule has 0 spiro atoms. The van der Waals surface area contributed by atoms with Crippen LogP contribution in [0.15, 0.2) is 78.4 Å². The lowest BCUT2D eigenvalue weighted by molar-refractivity contribution is -0.160. The molecular weight excluding hydrogens is 947 g/mol. The van der Waals surface area contributed by atoms with Crippen LogP contribution in [0.25, 0.3) is 0 Å². The summed E-state index contributed by atoms with van der Waals surface area (Å²) in [6, 6.07) is 4.84. The van der Waals surface area contributed by atoms with Crippen LogP contribution in [0.2, 0.25) is 0 Å². The molecule has 0 aromatic heterocycles. The van der Waals surface area contributed by atoms with E-state index in [1.54, 1.807) is 90.1 Å². The van der Waals surface area contributed by atoms with Gasteiger partial charge in [-0.1, -0.05) is 101 Å². The third-order valence-electron chi connectivity index (χ3n) is 12.6. The molecule has 2 aromatic rings. The molecule has 1 saturated heterocycles. The molecule has 0 aliphatic carbocycles. The van der Waals surface area contributed by atoms with E-state index >= 15 is 0 Å². The van der Waals surface area contributed by atoms with Crippen LogP contribution in [0.5, 0.6) is 5.75 Å². The fourth-order valence-corrected chi connectivity index (χ4v) is 7.44. The zero-order valence-corrected chi connectivity index (χ0v) is 43.4. The Morgan fingerprint density at radius 3 is 2.03 bits per heavy atom. The summed E-state index contributed by atoms with van der Waals surface area (Å²) in [4.78, 5) is 127. The molecule has 73 heavy (non-hydrogen) atoms. The van der Waals surface area contributed by atoms with Crippen molar-refractivity contribution in [3.63, 3.8) is 0 Å². The normalized spacial score (nSPS) is 23.7. The topological polar surface area (TPSA) is 297 Å². The molecule has 11 unspecified atom stereocenters. The molecular formula is C52H73N7O14. The molecule has 1 fully saturated rings. The zero-order chi connectivity index (χ0) is 54.7. The first-order chi connectivity index (χ1) is 34.4. The highest BCUT2D eigenvalue weighted by Crippen LogP contribution is 2.23. The predicted octanol–water partition coefficient (Wildman–Crippen LogP) is 1.07. The highest BCUT2D eigenvalue weighted by atomic mass is 16.6. The number of rotatable bonds is 17. The maximum Gasteiger partial charge on any atom is 0.332 e. The van der Waals surface area contributed by atoms with Gasteiger partial charge in [-0.2, -0.15) is 0 Å². The summed E-state index contributed by atoms with van der Waals surface area (Å²) in [5.74, 6) is -10.4. The van der Waals surface area contributed by atoms with E-state index < -0.39 is 139 Å². The number of likely N-dealkylation sites (N-methyl/N-ethyl adjacent to an activating group) is 1. The number of methoxy groups -OCH3 is 1. The van der Waals surface area contributed by atoms with Crippen molar-refractivity contribution in [3.8, 4) is 5.75 Å². The van der Waals surface area contributed by atoms with E-state index in [2.05, 4.69) is 31.9 Å². The molecule has 8 N–H and O–H groups in total. The highest BCUT2D eigenvalue weighted by Gasteiger charge is 2.41. The predicted molar refractivity (Wildman–Crippen MR) is 268 cm³/mol. The largest absolute Gasteiger partial charge is 0.497 e. The van der Waals surface area contributed by atoms with Crippen molar-refractivity contribution in [2.75, 3.05) is 27.3 Å². The van der Waals surface area contributed by atoms with Crippen LogP contribution in [0, 0.1) is 17.8 Å². The third kappa shape index (κ3) is 17.8. The molecule has 1 aliphatic rings. The fourth-order valence-electron chi connectivity index (χ4n) is 7.44. The Bertz CT molecular complexity index is 2300. The van der Waals surface area contributed by atoms with Crippen LogP contribution >= 0.6 is 0 Å². The Kier molecular flexibility index (Phi) is 23.7. The van der Waals surface area contributed by atoms with Crippen LogP contribution in [0.1, 0.15) is 85.9 Å². The van der Waals surface area contributed by atoms with Gasteiger partial charge in [0.1, 0.15) is 55.2 Å². The summed E-state index contributed by atoms with van der Waals surface area (Å²) in [5.41, 5.74) is 1.60. The molecule has 400 valence electrons. The zero-order valence-electron chi connectivity index (χ0n) is 43.4. The molecule has 3 rings (SSSR count). The molecule has 2 aromatic carbocycles. The van der Waals surface area contributed by atoms with Gasteiger partial charge in [0.25, 0.3) is 0 Å². The van der Waals surface area contributed by atoms with Gasteiger partial charge in [-0.15, -0.1) is 0 Å². The van der Waals surface area contributed by atoms with E-state index in [4.69, 9.17) is 14.2 Å². The number of cyclic esters (lactones) is 1. The SMILES string of the molecule is CC=C(C)C=CC(=O)NCC(=O)OCC1NC(=O)C(C(C)O)NC(=O)C(Cc2ccccc2)N(C)C(=O)C(c2ccc(OC)cc2)NC(=O)C(C(C)CC)NC(=O)C(NC(=O)C(C)C(O)C(C)C)C(C)OC1=O. The van der Waals surface area contributed by atoms with E-state index in [1.165, 1.54) is 59.2 Å². The number of nitrogens with one attached hydrogen (secondary N) is 6. The van der Waals surface area contributed by atoms with Crippen molar-refractivity contribution < 1.29 is 67.6 Å². The number of hydrogen-bond donors (Lipinski definition) is 8. The van der Waals surface area contributed by atoms with E-state index in [9.17, 15) is 53.4 Å². The molecule has 1 aliphatic heterocycles. The van der Waals surface area contributed by atoms with Crippen molar-refractivity contribution in [2.45, 2.75) is 130 Å². The first-order valence-corrected chi connectivity index (χ1v) is 24.2. The number of carbonyl (C=O) groups excluding carboxylic acids is 9. The van der Waals surface area contributed by atoms with Gasteiger partial charge in [-0.05, 0) is 62.8 Å². The quantitative estimate of drug-likeness (QED) is 0.0625. The summed E-state index contributed by atoms with van der Waals surface area (Å²) in [7, 11) is 2.76. The van der Waals surface area contributed by atoms with Gasteiger partial charge in [-0.25, -0.2) is 4.79 Å². The molecule has 0 bridgehead atoms. The first kappa shape index (κ1) is 60.2. The van der Waals surface area contributed by atoms with Crippen LogP contribution in [0.4, 0.5) is 0 Å². The second kappa shape index (κ2) is 28.8. The molecule has 0 saturated carbocycles. The fraction of sp³-hybridized carbons (Fsp3) is 0.519. The second-order valence-electron chi connectivity index (χ2n) is 18.4. The van der Waals surface area contributed by atoms with Crippen LogP contribution in [0.3, 0.4) is 0 Å². The number of ether oxygens (including phenoxy) is 3. The first-order valence-electron chi connectivity index (χ1n) is 24.2. The molecule has 0 radical (unpaired) electrons. The van der Waals surface area contributed by atoms with Gasteiger partial charge >= 0.3 is 11.9 Å². The third-order valence-corrected chi connectivity index (χ3v) is 12.6. The van der Waals surface area contributed by atoms with Gasteiger partial charge in [0.2, 0.25) is 41.4 Å². The maximum atomic E-state index is 15.0. The number of amides is 7. The van der Waals surface area contributed by atoms with Gasteiger partial charge in [0, 0.05) is 19.5 Å². The van der Waals surface area contributed by atoms with Crippen molar-refractivity contribution in [1.29, 1.82) is 0 Å². The Labute approximate surface area is 426 Å². The average molecular weight is 1020 g/mol. The summed E-state index contributed by atoms with van der Waals surface area (Å²) < 4.78 is 16.4. The molecule has 21 heteroatoms.